The standard InChI is InChI=1S/C11H23N3O/c1-4-9-5-6-14(7-9)10(8(2)3)11(15)13-12/h8-10H,4-7,12H2,1-3H3,(H,13,15). The predicted octanol–water partition coefficient (Wildman–Crippen LogP) is 0.733. The van der Waals surface area contributed by atoms with Gasteiger partial charge in [0.05, 0.1) is 6.04 Å². The van der Waals surface area contributed by atoms with Crippen molar-refractivity contribution < 1.29 is 4.79 Å². The third kappa shape index (κ3) is 2.92. The molecule has 1 aliphatic heterocycles. The minimum atomic E-state index is -0.0634. The summed E-state index contributed by atoms with van der Waals surface area (Å²) in [5.74, 6) is 6.22. The second kappa shape index (κ2) is 5.47. The van der Waals surface area contributed by atoms with Gasteiger partial charge in [-0.15, -0.1) is 0 Å². The van der Waals surface area contributed by atoms with Crippen LogP contribution in [0.5, 0.6) is 0 Å². The van der Waals surface area contributed by atoms with E-state index in [1.54, 1.807) is 0 Å². The topological polar surface area (TPSA) is 58.4 Å². The molecule has 1 rings (SSSR count). The molecule has 0 bridgehead atoms. The van der Waals surface area contributed by atoms with Crippen LogP contribution in [0.4, 0.5) is 0 Å². The minimum absolute atomic E-state index is 0.0539. The number of carbonyl (C=O) groups excluding carboxylic acids is 1. The predicted molar refractivity (Wildman–Crippen MR) is 60.9 cm³/mol. The Hall–Kier alpha value is -0.610. The average molecular weight is 213 g/mol. The van der Waals surface area contributed by atoms with E-state index in [0.717, 1.165) is 19.0 Å². The smallest absolute Gasteiger partial charge is 0.251 e. The number of hydrazine groups is 1. The summed E-state index contributed by atoms with van der Waals surface area (Å²) in [5.41, 5.74) is 2.28. The number of carbonyl (C=O) groups is 1. The Balaban J connectivity index is 2.61. The Bertz CT molecular complexity index is 218. The highest BCUT2D eigenvalue weighted by molar-refractivity contribution is 5.81. The molecule has 1 heterocycles. The van der Waals surface area contributed by atoms with Crippen molar-refractivity contribution in [2.75, 3.05) is 13.1 Å². The first-order chi connectivity index (χ1) is 7.10. The Morgan fingerprint density at radius 2 is 2.27 bits per heavy atom. The molecule has 2 unspecified atom stereocenters. The van der Waals surface area contributed by atoms with Crippen LogP contribution in [0.15, 0.2) is 0 Å². The van der Waals surface area contributed by atoms with Crippen LogP contribution < -0.4 is 11.3 Å². The highest BCUT2D eigenvalue weighted by atomic mass is 16.2. The van der Waals surface area contributed by atoms with Gasteiger partial charge in [0.1, 0.15) is 0 Å². The summed E-state index contributed by atoms with van der Waals surface area (Å²) in [5, 5.41) is 0. The summed E-state index contributed by atoms with van der Waals surface area (Å²) in [6.07, 6.45) is 2.41. The Kier molecular flexibility index (Phi) is 4.54. The van der Waals surface area contributed by atoms with Crippen molar-refractivity contribution >= 4 is 5.91 Å². The first kappa shape index (κ1) is 12.5. The highest BCUT2D eigenvalue weighted by Crippen LogP contribution is 2.24. The van der Waals surface area contributed by atoms with Gasteiger partial charge in [-0.25, -0.2) is 5.84 Å². The molecule has 0 aromatic heterocycles. The van der Waals surface area contributed by atoms with E-state index in [9.17, 15) is 4.79 Å². The second-order valence-electron chi connectivity index (χ2n) is 4.76. The fourth-order valence-corrected chi connectivity index (χ4v) is 2.42. The maximum absolute atomic E-state index is 11.7. The van der Waals surface area contributed by atoms with Crippen molar-refractivity contribution in [2.24, 2.45) is 17.7 Å². The second-order valence-corrected chi connectivity index (χ2v) is 4.76. The summed E-state index contributed by atoms with van der Waals surface area (Å²) in [6.45, 7) is 8.40. The van der Waals surface area contributed by atoms with Gasteiger partial charge in [-0.2, -0.15) is 0 Å². The van der Waals surface area contributed by atoms with Crippen LogP contribution in [0, 0.1) is 11.8 Å². The van der Waals surface area contributed by atoms with Gasteiger partial charge in [0.25, 0.3) is 5.91 Å². The first-order valence-corrected chi connectivity index (χ1v) is 5.84. The van der Waals surface area contributed by atoms with E-state index in [-0.39, 0.29) is 11.9 Å². The summed E-state index contributed by atoms with van der Waals surface area (Å²) in [6, 6.07) is -0.0634. The molecule has 0 aromatic rings. The largest absolute Gasteiger partial charge is 0.293 e. The van der Waals surface area contributed by atoms with Crippen molar-refractivity contribution in [1.82, 2.24) is 10.3 Å². The van der Waals surface area contributed by atoms with Crippen LogP contribution in [-0.4, -0.2) is 29.9 Å². The van der Waals surface area contributed by atoms with E-state index in [2.05, 4.69) is 31.1 Å². The maximum Gasteiger partial charge on any atom is 0.251 e. The molecular formula is C11H23N3O. The molecule has 1 aliphatic rings. The number of likely N-dealkylation sites (tertiary alicyclic amines) is 1. The van der Waals surface area contributed by atoms with Crippen molar-refractivity contribution in [1.29, 1.82) is 0 Å². The number of rotatable bonds is 4. The van der Waals surface area contributed by atoms with Gasteiger partial charge in [-0.05, 0) is 24.8 Å². The van der Waals surface area contributed by atoms with E-state index < -0.39 is 0 Å². The number of hydrogen-bond donors (Lipinski definition) is 2. The molecule has 0 radical (unpaired) electrons. The van der Waals surface area contributed by atoms with E-state index in [0.29, 0.717) is 5.92 Å². The average Bonchev–Trinajstić information content (AvgIpc) is 2.65. The Morgan fingerprint density at radius 3 is 2.67 bits per heavy atom. The molecule has 15 heavy (non-hydrogen) atoms. The number of hydrogen-bond acceptors (Lipinski definition) is 3. The molecule has 2 atom stereocenters. The molecular weight excluding hydrogens is 190 g/mol. The number of nitrogens with two attached hydrogens (primary N) is 1. The molecule has 4 nitrogen and oxygen atoms in total. The monoisotopic (exact) mass is 213 g/mol. The fourth-order valence-electron chi connectivity index (χ4n) is 2.42. The lowest BCUT2D eigenvalue weighted by atomic mass is 10.0. The molecule has 1 amide bonds. The maximum atomic E-state index is 11.7. The molecule has 0 aromatic carbocycles. The summed E-state index contributed by atoms with van der Waals surface area (Å²) < 4.78 is 0. The Labute approximate surface area is 92.2 Å². The number of nitrogens with one attached hydrogen (secondary N) is 1. The lowest BCUT2D eigenvalue weighted by Crippen LogP contribution is -2.51. The minimum Gasteiger partial charge on any atom is -0.293 e. The van der Waals surface area contributed by atoms with E-state index in [1.165, 1.54) is 12.8 Å². The highest BCUT2D eigenvalue weighted by Gasteiger charge is 2.33. The molecule has 0 aliphatic carbocycles. The zero-order valence-electron chi connectivity index (χ0n) is 9.99. The molecule has 0 spiro atoms. The number of amides is 1. The molecule has 3 N–H and O–H groups in total. The molecule has 4 heteroatoms. The van der Waals surface area contributed by atoms with Gasteiger partial charge in [-0.3, -0.25) is 15.1 Å². The third-order valence-corrected chi connectivity index (χ3v) is 3.33. The van der Waals surface area contributed by atoms with Gasteiger partial charge in [0, 0.05) is 6.54 Å². The Morgan fingerprint density at radius 1 is 1.60 bits per heavy atom. The third-order valence-electron chi connectivity index (χ3n) is 3.33. The zero-order chi connectivity index (χ0) is 11.4. The first-order valence-electron chi connectivity index (χ1n) is 5.84. The van der Waals surface area contributed by atoms with Gasteiger partial charge >= 0.3 is 0 Å². The lowest BCUT2D eigenvalue weighted by molar-refractivity contribution is -0.127. The van der Waals surface area contributed by atoms with Gasteiger partial charge in [0.15, 0.2) is 0 Å². The SMILES string of the molecule is CCC1CCN(C(C(=O)NN)C(C)C)C1. The van der Waals surface area contributed by atoms with E-state index in [4.69, 9.17) is 5.84 Å². The van der Waals surface area contributed by atoms with Crippen LogP contribution in [0.1, 0.15) is 33.6 Å². The summed E-state index contributed by atoms with van der Waals surface area (Å²) >= 11 is 0. The zero-order valence-corrected chi connectivity index (χ0v) is 9.99. The van der Waals surface area contributed by atoms with Crippen LogP contribution in [-0.2, 0) is 4.79 Å². The van der Waals surface area contributed by atoms with E-state index in [1.807, 2.05) is 0 Å². The quantitative estimate of drug-likeness (QED) is 0.411. The van der Waals surface area contributed by atoms with E-state index >= 15 is 0 Å². The van der Waals surface area contributed by atoms with Crippen LogP contribution >= 0.6 is 0 Å². The van der Waals surface area contributed by atoms with Crippen molar-refractivity contribution in [3.8, 4) is 0 Å². The number of nitrogens with zero attached hydrogens (tertiary/aromatic N) is 1. The molecule has 88 valence electrons. The van der Waals surface area contributed by atoms with Crippen LogP contribution in [0.25, 0.3) is 0 Å². The fraction of sp³-hybridized carbons (Fsp3) is 0.909. The molecule has 1 saturated heterocycles. The normalized spacial score (nSPS) is 24.5. The van der Waals surface area contributed by atoms with Crippen molar-refractivity contribution in [3.05, 3.63) is 0 Å². The summed E-state index contributed by atoms with van der Waals surface area (Å²) in [4.78, 5) is 13.9. The van der Waals surface area contributed by atoms with Crippen molar-refractivity contribution in [3.63, 3.8) is 0 Å². The van der Waals surface area contributed by atoms with Crippen LogP contribution in [0.2, 0.25) is 0 Å². The molecule has 0 saturated carbocycles. The molecule has 1 fully saturated rings. The lowest BCUT2D eigenvalue weighted by Gasteiger charge is -2.29. The summed E-state index contributed by atoms with van der Waals surface area (Å²) in [7, 11) is 0. The van der Waals surface area contributed by atoms with Gasteiger partial charge in [0.2, 0.25) is 0 Å². The van der Waals surface area contributed by atoms with Gasteiger partial charge < -0.3 is 0 Å². The van der Waals surface area contributed by atoms with Crippen LogP contribution in [0.3, 0.4) is 0 Å². The van der Waals surface area contributed by atoms with Gasteiger partial charge in [-0.1, -0.05) is 27.2 Å². The van der Waals surface area contributed by atoms with Crippen molar-refractivity contribution in [2.45, 2.75) is 39.7 Å².